The zero-order chi connectivity index (χ0) is 11.8. The zero-order valence-corrected chi connectivity index (χ0v) is 8.23. The molecule has 0 amide bonds. The smallest absolute Gasteiger partial charge is 0.339 e. The van der Waals surface area contributed by atoms with Crippen molar-refractivity contribution >= 4 is 11.9 Å². The Bertz CT molecular complexity index is 291. The molecular weight excluding hydrogens is 204 g/mol. The molecule has 0 bridgehead atoms. The number of hydrogen-bond acceptors (Lipinski definition) is 6. The SMILES string of the molecule is C=C(/C=C(\C)C(=O)OCO)C(=O)OCO. The van der Waals surface area contributed by atoms with Crippen molar-refractivity contribution in [2.75, 3.05) is 13.6 Å². The van der Waals surface area contributed by atoms with Crippen molar-refractivity contribution in [3.05, 3.63) is 23.8 Å². The van der Waals surface area contributed by atoms with E-state index in [4.69, 9.17) is 10.2 Å². The molecule has 0 aliphatic carbocycles. The Labute approximate surface area is 86.4 Å². The van der Waals surface area contributed by atoms with E-state index in [0.717, 1.165) is 6.08 Å². The van der Waals surface area contributed by atoms with Gasteiger partial charge in [-0.25, -0.2) is 9.59 Å². The molecule has 0 aromatic rings. The molecule has 84 valence electrons. The summed E-state index contributed by atoms with van der Waals surface area (Å²) < 4.78 is 8.47. The Hall–Kier alpha value is -1.66. The van der Waals surface area contributed by atoms with E-state index in [2.05, 4.69) is 16.1 Å². The Morgan fingerprint density at radius 3 is 2.13 bits per heavy atom. The Morgan fingerprint density at radius 1 is 1.20 bits per heavy atom. The number of hydrogen-bond donors (Lipinski definition) is 2. The van der Waals surface area contributed by atoms with Crippen LogP contribution in [0, 0.1) is 0 Å². The number of rotatable bonds is 5. The van der Waals surface area contributed by atoms with Crippen molar-refractivity contribution in [3.63, 3.8) is 0 Å². The summed E-state index contributed by atoms with van der Waals surface area (Å²) in [6.45, 7) is 3.21. The number of ether oxygens (including phenoxy) is 2. The van der Waals surface area contributed by atoms with Crippen LogP contribution in [-0.2, 0) is 19.1 Å². The second kappa shape index (κ2) is 6.74. The van der Waals surface area contributed by atoms with Crippen LogP contribution in [0.5, 0.6) is 0 Å². The van der Waals surface area contributed by atoms with Gasteiger partial charge in [0.15, 0.2) is 13.6 Å². The summed E-state index contributed by atoms with van der Waals surface area (Å²) in [6.07, 6.45) is 1.13. The van der Waals surface area contributed by atoms with Crippen molar-refractivity contribution < 1.29 is 29.3 Å². The zero-order valence-electron chi connectivity index (χ0n) is 8.23. The minimum atomic E-state index is -0.839. The predicted molar refractivity (Wildman–Crippen MR) is 49.3 cm³/mol. The first-order chi connectivity index (χ1) is 7.02. The lowest BCUT2D eigenvalue weighted by Crippen LogP contribution is -2.10. The van der Waals surface area contributed by atoms with Crippen LogP contribution in [0.1, 0.15) is 6.92 Å². The highest BCUT2D eigenvalue weighted by atomic mass is 16.6. The van der Waals surface area contributed by atoms with Gasteiger partial charge in [-0.1, -0.05) is 6.58 Å². The van der Waals surface area contributed by atoms with E-state index in [0.29, 0.717) is 0 Å². The fourth-order valence-corrected chi connectivity index (χ4v) is 0.703. The molecule has 6 heteroatoms. The van der Waals surface area contributed by atoms with E-state index in [-0.39, 0.29) is 11.1 Å². The summed E-state index contributed by atoms with van der Waals surface area (Å²) in [6, 6.07) is 0. The molecule has 0 aromatic heterocycles. The highest BCUT2D eigenvalue weighted by Gasteiger charge is 2.09. The van der Waals surface area contributed by atoms with Gasteiger partial charge >= 0.3 is 11.9 Å². The Balaban J connectivity index is 4.41. The summed E-state index contributed by atoms with van der Waals surface area (Å²) in [5, 5.41) is 16.6. The Kier molecular flexibility index (Phi) is 6.00. The summed E-state index contributed by atoms with van der Waals surface area (Å²) in [7, 11) is 0. The van der Waals surface area contributed by atoms with Gasteiger partial charge in [0.2, 0.25) is 0 Å². The molecule has 0 aliphatic heterocycles. The third kappa shape index (κ3) is 4.94. The lowest BCUT2D eigenvalue weighted by atomic mass is 10.2. The molecule has 0 radical (unpaired) electrons. The standard InChI is InChI=1S/C9H12O6/c1-6(8(12)14-4-10)3-7(2)9(13)15-5-11/h3,10-11H,1,4-5H2,2H3/b7-3+. The van der Waals surface area contributed by atoms with Crippen LogP contribution in [0.2, 0.25) is 0 Å². The molecule has 0 unspecified atom stereocenters. The van der Waals surface area contributed by atoms with Gasteiger partial charge in [0.05, 0.1) is 5.57 Å². The van der Waals surface area contributed by atoms with Gasteiger partial charge in [-0.3, -0.25) is 0 Å². The van der Waals surface area contributed by atoms with E-state index in [1.54, 1.807) is 0 Å². The number of esters is 2. The van der Waals surface area contributed by atoms with Crippen LogP contribution in [0.3, 0.4) is 0 Å². The first kappa shape index (κ1) is 13.3. The number of aliphatic hydroxyl groups is 2. The van der Waals surface area contributed by atoms with Crippen LogP contribution >= 0.6 is 0 Å². The normalized spacial score (nSPS) is 10.7. The molecule has 0 aliphatic rings. The average molecular weight is 216 g/mol. The van der Waals surface area contributed by atoms with E-state index >= 15 is 0 Å². The van der Waals surface area contributed by atoms with Crippen molar-refractivity contribution in [3.8, 4) is 0 Å². The van der Waals surface area contributed by atoms with Crippen molar-refractivity contribution in [1.29, 1.82) is 0 Å². The van der Waals surface area contributed by atoms with Gasteiger partial charge in [-0.05, 0) is 13.0 Å². The van der Waals surface area contributed by atoms with Crippen LogP contribution in [0.15, 0.2) is 23.8 Å². The van der Waals surface area contributed by atoms with Gasteiger partial charge in [0.25, 0.3) is 0 Å². The van der Waals surface area contributed by atoms with Crippen LogP contribution in [0.25, 0.3) is 0 Å². The summed E-state index contributed by atoms with van der Waals surface area (Å²) in [5.74, 6) is -1.61. The fourth-order valence-electron chi connectivity index (χ4n) is 0.703. The van der Waals surface area contributed by atoms with E-state index in [1.165, 1.54) is 6.92 Å². The molecule has 0 heterocycles. The number of aliphatic hydroxyl groups excluding tert-OH is 2. The summed E-state index contributed by atoms with van der Waals surface area (Å²) >= 11 is 0. The molecule has 0 aromatic carbocycles. The minimum absolute atomic E-state index is 0.0870. The van der Waals surface area contributed by atoms with E-state index < -0.39 is 25.5 Å². The van der Waals surface area contributed by atoms with Gasteiger partial charge in [-0.15, -0.1) is 0 Å². The van der Waals surface area contributed by atoms with Gasteiger partial charge in [0.1, 0.15) is 0 Å². The van der Waals surface area contributed by atoms with E-state index in [1.807, 2.05) is 0 Å². The lowest BCUT2D eigenvalue weighted by Gasteiger charge is -2.02. The maximum atomic E-state index is 11.0. The summed E-state index contributed by atoms with van der Waals surface area (Å²) in [4.78, 5) is 21.9. The lowest BCUT2D eigenvalue weighted by molar-refractivity contribution is -0.147. The molecular formula is C9H12O6. The third-order valence-corrected chi connectivity index (χ3v) is 1.37. The quantitative estimate of drug-likeness (QED) is 0.278. The van der Waals surface area contributed by atoms with Crippen molar-refractivity contribution in [2.45, 2.75) is 6.92 Å². The maximum absolute atomic E-state index is 11.0. The van der Waals surface area contributed by atoms with Gasteiger partial charge < -0.3 is 19.7 Å². The minimum Gasteiger partial charge on any atom is -0.435 e. The Morgan fingerprint density at radius 2 is 1.67 bits per heavy atom. The molecule has 0 saturated carbocycles. The molecule has 6 nitrogen and oxygen atoms in total. The van der Waals surface area contributed by atoms with Crippen LogP contribution in [-0.4, -0.2) is 35.7 Å². The highest BCUT2D eigenvalue weighted by molar-refractivity contribution is 5.95. The van der Waals surface area contributed by atoms with Gasteiger partial charge in [0, 0.05) is 5.57 Å². The monoisotopic (exact) mass is 216 g/mol. The first-order valence-electron chi connectivity index (χ1n) is 3.96. The second-order valence-electron chi connectivity index (χ2n) is 2.47. The molecule has 15 heavy (non-hydrogen) atoms. The maximum Gasteiger partial charge on any atom is 0.339 e. The largest absolute Gasteiger partial charge is 0.435 e. The molecule has 0 spiro atoms. The van der Waals surface area contributed by atoms with E-state index in [9.17, 15) is 9.59 Å². The fraction of sp³-hybridized carbons (Fsp3) is 0.333. The molecule has 0 fully saturated rings. The third-order valence-electron chi connectivity index (χ3n) is 1.37. The molecule has 0 saturated heterocycles. The average Bonchev–Trinajstić information content (AvgIpc) is 2.18. The molecule has 0 rings (SSSR count). The summed E-state index contributed by atoms with van der Waals surface area (Å²) in [5.41, 5.74) is -0.0135. The molecule has 2 N–H and O–H groups in total. The van der Waals surface area contributed by atoms with Crippen molar-refractivity contribution in [2.24, 2.45) is 0 Å². The van der Waals surface area contributed by atoms with Crippen LogP contribution in [0.4, 0.5) is 0 Å². The second-order valence-corrected chi connectivity index (χ2v) is 2.47. The number of carbonyl (C=O) groups is 2. The number of carbonyl (C=O) groups excluding carboxylic acids is 2. The highest BCUT2D eigenvalue weighted by Crippen LogP contribution is 2.04. The molecule has 0 atom stereocenters. The topological polar surface area (TPSA) is 93.1 Å². The van der Waals surface area contributed by atoms with Gasteiger partial charge in [-0.2, -0.15) is 0 Å². The van der Waals surface area contributed by atoms with Crippen molar-refractivity contribution in [1.82, 2.24) is 0 Å². The van der Waals surface area contributed by atoms with Crippen LogP contribution < -0.4 is 0 Å². The first-order valence-corrected chi connectivity index (χ1v) is 3.96. The predicted octanol–water partition coefficient (Wildman–Crippen LogP) is -0.525.